The number of nitrogens with zero attached hydrogens (tertiary/aromatic N) is 4. The highest BCUT2D eigenvalue weighted by Gasteiger charge is 2.24. The first-order valence-corrected chi connectivity index (χ1v) is 14.8. The third kappa shape index (κ3) is 7.08. The van der Waals surface area contributed by atoms with Crippen LogP contribution in [0.2, 0.25) is 0 Å². The lowest BCUT2D eigenvalue weighted by atomic mass is 10.1. The van der Waals surface area contributed by atoms with E-state index < -0.39 is 11.7 Å². The zero-order valence-electron chi connectivity index (χ0n) is 24.0. The molecule has 2 aliphatic heterocycles. The first-order chi connectivity index (χ1) is 20.0. The summed E-state index contributed by atoms with van der Waals surface area (Å²) >= 11 is 0. The fourth-order valence-corrected chi connectivity index (χ4v) is 5.85. The molecule has 0 saturated carbocycles. The molecule has 9 heteroatoms. The SMILES string of the molecule is COc1ccc(N2CCN(CCCNC(=O)C(=O)c3cn(CC(=O)N4CCCCCC4)c4ccccc34)CC2)cc1. The zero-order valence-corrected chi connectivity index (χ0v) is 24.0. The van der Waals surface area contributed by atoms with Crippen molar-refractivity contribution >= 4 is 34.2 Å². The van der Waals surface area contributed by atoms with E-state index in [0.29, 0.717) is 17.5 Å². The molecule has 218 valence electrons. The number of carbonyl (C=O) groups is 3. The molecule has 0 radical (unpaired) electrons. The molecule has 0 bridgehead atoms. The predicted molar refractivity (Wildman–Crippen MR) is 161 cm³/mol. The molecule has 0 spiro atoms. The van der Waals surface area contributed by atoms with Gasteiger partial charge in [0.2, 0.25) is 5.91 Å². The fraction of sp³-hybridized carbons (Fsp3) is 0.469. The van der Waals surface area contributed by atoms with E-state index in [1.54, 1.807) is 13.3 Å². The maximum absolute atomic E-state index is 13.2. The Morgan fingerprint density at radius 1 is 0.854 bits per heavy atom. The second-order valence-electron chi connectivity index (χ2n) is 10.9. The Kier molecular flexibility index (Phi) is 9.56. The van der Waals surface area contributed by atoms with Crippen LogP contribution in [0, 0.1) is 0 Å². The fourth-order valence-electron chi connectivity index (χ4n) is 5.85. The van der Waals surface area contributed by atoms with E-state index >= 15 is 0 Å². The van der Waals surface area contributed by atoms with Gasteiger partial charge in [-0.15, -0.1) is 0 Å². The van der Waals surface area contributed by atoms with Gasteiger partial charge in [-0.2, -0.15) is 0 Å². The summed E-state index contributed by atoms with van der Waals surface area (Å²) in [5.41, 5.74) is 2.33. The Bertz CT molecular complexity index is 1340. The van der Waals surface area contributed by atoms with Crippen LogP contribution in [-0.4, -0.2) is 91.4 Å². The number of ether oxygens (including phenoxy) is 1. The number of Topliss-reactive ketones (excluding diaryl/α,β-unsaturated/α-hetero) is 1. The molecule has 0 aliphatic carbocycles. The molecule has 5 rings (SSSR count). The minimum Gasteiger partial charge on any atom is -0.497 e. The van der Waals surface area contributed by atoms with Crippen LogP contribution in [0.4, 0.5) is 5.69 Å². The Morgan fingerprint density at radius 3 is 2.27 bits per heavy atom. The standard InChI is InChI=1S/C32H41N5O4/c1-41-26-13-11-25(12-14-26)35-21-19-34(20-22-35)16-8-15-33-32(40)31(39)28-23-37(29-10-5-4-9-27(28)29)24-30(38)36-17-6-2-3-7-18-36/h4-5,9-14,23H,2-3,6-8,15-22,24H2,1H3,(H,33,40). The molecule has 2 aliphatic rings. The summed E-state index contributed by atoms with van der Waals surface area (Å²) in [5, 5.41) is 3.52. The smallest absolute Gasteiger partial charge is 0.292 e. The van der Waals surface area contributed by atoms with Gasteiger partial charge in [0.05, 0.1) is 12.7 Å². The van der Waals surface area contributed by atoms with Gasteiger partial charge in [0.15, 0.2) is 0 Å². The molecule has 0 unspecified atom stereocenters. The van der Waals surface area contributed by atoms with E-state index in [2.05, 4.69) is 27.2 Å². The lowest BCUT2D eigenvalue weighted by molar-refractivity contribution is -0.131. The van der Waals surface area contributed by atoms with E-state index in [1.807, 2.05) is 45.9 Å². The molecule has 41 heavy (non-hydrogen) atoms. The van der Waals surface area contributed by atoms with Crippen LogP contribution in [0.25, 0.3) is 10.9 Å². The largest absolute Gasteiger partial charge is 0.497 e. The number of hydrogen-bond donors (Lipinski definition) is 1. The summed E-state index contributed by atoms with van der Waals surface area (Å²) in [7, 11) is 1.67. The predicted octanol–water partition coefficient (Wildman–Crippen LogP) is 3.56. The van der Waals surface area contributed by atoms with Crippen LogP contribution in [0.3, 0.4) is 0 Å². The Labute approximate surface area is 242 Å². The van der Waals surface area contributed by atoms with E-state index in [-0.39, 0.29) is 12.5 Å². The maximum Gasteiger partial charge on any atom is 0.292 e. The number of fused-ring (bicyclic) bond motifs is 1. The number of para-hydroxylation sites is 1. The highest BCUT2D eigenvalue weighted by atomic mass is 16.5. The van der Waals surface area contributed by atoms with Gasteiger partial charge in [0.1, 0.15) is 12.3 Å². The van der Waals surface area contributed by atoms with Crippen LogP contribution in [0.1, 0.15) is 42.5 Å². The number of ketones is 1. The minimum atomic E-state index is -0.601. The number of likely N-dealkylation sites (tertiary alicyclic amines) is 1. The second kappa shape index (κ2) is 13.7. The van der Waals surface area contributed by atoms with Crippen molar-refractivity contribution in [1.29, 1.82) is 0 Å². The highest BCUT2D eigenvalue weighted by Crippen LogP contribution is 2.23. The third-order valence-electron chi connectivity index (χ3n) is 8.25. The third-order valence-corrected chi connectivity index (χ3v) is 8.25. The number of amides is 2. The average molecular weight is 560 g/mol. The number of benzene rings is 2. The van der Waals surface area contributed by atoms with Crippen molar-refractivity contribution in [3.8, 4) is 5.75 Å². The summed E-state index contributed by atoms with van der Waals surface area (Å²) in [6.45, 7) is 6.83. The molecule has 3 aromatic rings. The van der Waals surface area contributed by atoms with Crippen molar-refractivity contribution in [3.05, 3.63) is 60.3 Å². The molecule has 2 amide bonds. The molecular formula is C32H41N5O4. The summed E-state index contributed by atoms with van der Waals surface area (Å²) in [6.07, 6.45) is 6.82. The van der Waals surface area contributed by atoms with E-state index in [4.69, 9.17) is 4.74 Å². The van der Waals surface area contributed by atoms with Crippen LogP contribution in [0.5, 0.6) is 5.75 Å². The van der Waals surface area contributed by atoms with E-state index in [9.17, 15) is 14.4 Å². The lowest BCUT2D eigenvalue weighted by Crippen LogP contribution is -2.47. The van der Waals surface area contributed by atoms with Gasteiger partial charge in [-0.1, -0.05) is 31.0 Å². The van der Waals surface area contributed by atoms with Crippen molar-refractivity contribution in [2.45, 2.75) is 38.6 Å². The van der Waals surface area contributed by atoms with Gasteiger partial charge >= 0.3 is 0 Å². The molecule has 2 saturated heterocycles. The number of piperazine rings is 1. The number of carbonyl (C=O) groups excluding carboxylic acids is 3. The van der Waals surface area contributed by atoms with Crippen molar-refractivity contribution in [2.24, 2.45) is 0 Å². The first kappa shape index (κ1) is 28.7. The highest BCUT2D eigenvalue weighted by molar-refractivity contribution is 6.45. The minimum absolute atomic E-state index is 0.0564. The number of nitrogens with one attached hydrogen (secondary N) is 1. The van der Waals surface area contributed by atoms with Crippen LogP contribution in [-0.2, 0) is 16.1 Å². The molecule has 1 aromatic heterocycles. The molecule has 3 heterocycles. The molecular weight excluding hydrogens is 518 g/mol. The maximum atomic E-state index is 13.2. The van der Waals surface area contributed by atoms with Gasteiger partial charge in [-0.25, -0.2) is 0 Å². The van der Waals surface area contributed by atoms with Crippen molar-refractivity contribution in [2.75, 3.05) is 64.4 Å². The molecule has 1 N–H and O–H groups in total. The zero-order chi connectivity index (χ0) is 28.6. The van der Waals surface area contributed by atoms with Crippen molar-refractivity contribution < 1.29 is 19.1 Å². The quantitative estimate of drug-likeness (QED) is 0.232. The topological polar surface area (TPSA) is 87.1 Å². The van der Waals surface area contributed by atoms with Gasteiger partial charge in [-0.3, -0.25) is 19.3 Å². The van der Waals surface area contributed by atoms with Gasteiger partial charge in [0, 0.05) is 68.6 Å². The number of anilines is 1. The first-order valence-electron chi connectivity index (χ1n) is 14.8. The molecule has 2 fully saturated rings. The summed E-state index contributed by atoms with van der Waals surface area (Å²) in [5.74, 6) is -0.246. The monoisotopic (exact) mass is 559 g/mol. The van der Waals surface area contributed by atoms with E-state index in [1.165, 1.54) is 5.69 Å². The number of aromatic nitrogens is 1. The van der Waals surface area contributed by atoms with Crippen LogP contribution < -0.4 is 15.0 Å². The Morgan fingerprint density at radius 2 is 1.56 bits per heavy atom. The normalized spacial score (nSPS) is 16.4. The molecule has 9 nitrogen and oxygen atoms in total. The summed E-state index contributed by atoms with van der Waals surface area (Å²) in [4.78, 5) is 45.7. The van der Waals surface area contributed by atoms with Crippen molar-refractivity contribution in [1.82, 2.24) is 19.7 Å². The van der Waals surface area contributed by atoms with Gasteiger partial charge < -0.3 is 24.4 Å². The summed E-state index contributed by atoms with van der Waals surface area (Å²) in [6, 6.07) is 15.6. The molecule has 2 aromatic carbocycles. The van der Waals surface area contributed by atoms with E-state index in [0.717, 1.165) is 89.2 Å². The summed E-state index contributed by atoms with van der Waals surface area (Å²) < 4.78 is 7.06. The number of methoxy groups -OCH3 is 1. The van der Waals surface area contributed by atoms with Gasteiger partial charge in [0.25, 0.3) is 11.7 Å². The van der Waals surface area contributed by atoms with Crippen molar-refractivity contribution in [3.63, 3.8) is 0 Å². The number of hydrogen-bond acceptors (Lipinski definition) is 6. The van der Waals surface area contributed by atoms with Crippen LogP contribution >= 0.6 is 0 Å². The Balaban J connectivity index is 1.10. The lowest BCUT2D eigenvalue weighted by Gasteiger charge is -2.36. The number of rotatable bonds is 10. The van der Waals surface area contributed by atoms with Crippen LogP contribution in [0.15, 0.2) is 54.7 Å². The second-order valence-corrected chi connectivity index (χ2v) is 10.9. The van der Waals surface area contributed by atoms with Gasteiger partial charge in [-0.05, 0) is 56.1 Å². The molecule has 0 atom stereocenters. The Hall–Kier alpha value is -3.85. The average Bonchev–Trinajstić information content (AvgIpc) is 3.17.